The summed E-state index contributed by atoms with van der Waals surface area (Å²) in [6.45, 7) is 9.54. The molecule has 0 fully saturated rings. The van der Waals surface area contributed by atoms with Gasteiger partial charge in [0.1, 0.15) is 6.10 Å². The second-order valence-corrected chi connectivity index (χ2v) is 4.90. The van der Waals surface area contributed by atoms with Crippen molar-refractivity contribution in [3.63, 3.8) is 0 Å². The van der Waals surface area contributed by atoms with E-state index in [1.807, 2.05) is 12.1 Å². The lowest BCUT2D eigenvalue weighted by molar-refractivity contribution is 0.171. The number of rotatable bonds is 8. The molecule has 19 heavy (non-hydrogen) atoms. The first-order valence-corrected chi connectivity index (χ1v) is 7.19. The van der Waals surface area contributed by atoms with Gasteiger partial charge in [0.15, 0.2) is 11.5 Å². The summed E-state index contributed by atoms with van der Waals surface area (Å²) in [6.07, 6.45) is 2.24. The summed E-state index contributed by atoms with van der Waals surface area (Å²) >= 11 is 0. The standard InChI is InChI=1S/C16H27NO2/c1-6-10-17-12(3)13(4)19-15-9-8-14(7-2)11-16(15)18-5/h8-9,11-13,17H,6-7,10H2,1-5H3. The summed E-state index contributed by atoms with van der Waals surface area (Å²) in [5.74, 6) is 1.63. The molecule has 0 bridgehead atoms. The van der Waals surface area contributed by atoms with E-state index in [4.69, 9.17) is 9.47 Å². The maximum absolute atomic E-state index is 6.01. The molecule has 1 N–H and O–H groups in total. The molecule has 0 heterocycles. The normalized spacial score (nSPS) is 13.9. The average Bonchev–Trinajstić information content (AvgIpc) is 2.44. The third-order valence-corrected chi connectivity index (χ3v) is 3.37. The van der Waals surface area contributed by atoms with Crippen LogP contribution in [0.2, 0.25) is 0 Å². The van der Waals surface area contributed by atoms with Crippen LogP contribution >= 0.6 is 0 Å². The highest BCUT2D eigenvalue weighted by Crippen LogP contribution is 2.29. The monoisotopic (exact) mass is 265 g/mol. The Labute approximate surface area is 117 Å². The number of hydrogen-bond donors (Lipinski definition) is 1. The summed E-state index contributed by atoms with van der Waals surface area (Å²) in [4.78, 5) is 0. The van der Waals surface area contributed by atoms with Crippen molar-refractivity contribution in [2.45, 2.75) is 52.7 Å². The zero-order valence-corrected chi connectivity index (χ0v) is 12.8. The fourth-order valence-electron chi connectivity index (χ4n) is 1.87. The third-order valence-electron chi connectivity index (χ3n) is 3.37. The van der Waals surface area contributed by atoms with E-state index in [9.17, 15) is 0 Å². The number of nitrogens with one attached hydrogen (secondary N) is 1. The molecular formula is C16H27NO2. The summed E-state index contributed by atoms with van der Waals surface area (Å²) in [7, 11) is 1.69. The van der Waals surface area contributed by atoms with Crippen LogP contribution in [0.15, 0.2) is 18.2 Å². The first kappa shape index (κ1) is 15.8. The Bertz CT molecular complexity index is 379. The predicted octanol–water partition coefficient (Wildman–Crippen LogP) is 3.41. The van der Waals surface area contributed by atoms with Crippen LogP contribution < -0.4 is 14.8 Å². The Kier molecular flexibility index (Phi) is 6.71. The van der Waals surface area contributed by atoms with Gasteiger partial charge in [-0.15, -0.1) is 0 Å². The van der Waals surface area contributed by atoms with Crippen molar-refractivity contribution in [1.82, 2.24) is 5.32 Å². The van der Waals surface area contributed by atoms with Crippen LogP contribution in [0, 0.1) is 0 Å². The predicted molar refractivity (Wildman–Crippen MR) is 80.2 cm³/mol. The Morgan fingerprint density at radius 3 is 2.47 bits per heavy atom. The van der Waals surface area contributed by atoms with Gasteiger partial charge in [-0.25, -0.2) is 0 Å². The van der Waals surface area contributed by atoms with E-state index in [1.165, 1.54) is 5.56 Å². The van der Waals surface area contributed by atoms with Crippen molar-refractivity contribution in [2.75, 3.05) is 13.7 Å². The fraction of sp³-hybridized carbons (Fsp3) is 0.625. The lowest BCUT2D eigenvalue weighted by Crippen LogP contribution is -2.39. The van der Waals surface area contributed by atoms with E-state index in [2.05, 4.69) is 39.1 Å². The number of ether oxygens (including phenoxy) is 2. The van der Waals surface area contributed by atoms with Crippen molar-refractivity contribution < 1.29 is 9.47 Å². The molecule has 3 heteroatoms. The molecule has 0 spiro atoms. The number of hydrogen-bond acceptors (Lipinski definition) is 3. The van der Waals surface area contributed by atoms with Gasteiger partial charge in [-0.05, 0) is 50.9 Å². The minimum atomic E-state index is 0.105. The van der Waals surface area contributed by atoms with Crippen molar-refractivity contribution in [3.05, 3.63) is 23.8 Å². The molecule has 1 aromatic carbocycles. The Balaban J connectivity index is 2.70. The van der Waals surface area contributed by atoms with Gasteiger partial charge in [-0.3, -0.25) is 0 Å². The number of methoxy groups -OCH3 is 1. The summed E-state index contributed by atoms with van der Waals surface area (Å²) < 4.78 is 11.4. The molecule has 0 radical (unpaired) electrons. The molecule has 0 aliphatic heterocycles. The van der Waals surface area contributed by atoms with Crippen LogP contribution in [-0.2, 0) is 6.42 Å². The third kappa shape index (κ3) is 4.75. The lowest BCUT2D eigenvalue weighted by atomic mass is 10.1. The largest absolute Gasteiger partial charge is 0.493 e. The molecule has 0 aliphatic rings. The van der Waals surface area contributed by atoms with Crippen LogP contribution in [-0.4, -0.2) is 25.8 Å². The second-order valence-electron chi connectivity index (χ2n) is 4.90. The SMILES string of the molecule is CCCNC(C)C(C)Oc1ccc(CC)cc1OC. The summed E-state index contributed by atoms with van der Waals surface area (Å²) in [6, 6.07) is 6.46. The lowest BCUT2D eigenvalue weighted by Gasteiger charge is -2.23. The zero-order valence-electron chi connectivity index (χ0n) is 12.8. The average molecular weight is 265 g/mol. The van der Waals surface area contributed by atoms with E-state index in [1.54, 1.807) is 7.11 Å². The smallest absolute Gasteiger partial charge is 0.161 e. The molecule has 108 valence electrons. The highest BCUT2D eigenvalue weighted by molar-refractivity contribution is 5.43. The van der Waals surface area contributed by atoms with Gasteiger partial charge < -0.3 is 14.8 Å². The minimum absolute atomic E-state index is 0.105. The second kappa shape index (κ2) is 8.05. The maximum atomic E-state index is 6.01. The molecule has 3 nitrogen and oxygen atoms in total. The molecule has 0 aromatic heterocycles. The molecule has 2 atom stereocenters. The summed E-state index contributed by atoms with van der Waals surface area (Å²) in [5, 5.41) is 3.45. The quantitative estimate of drug-likeness (QED) is 0.781. The van der Waals surface area contributed by atoms with Gasteiger partial charge in [-0.1, -0.05) is 19.9 Å². The van der Waals surface area contributed by atoms with Gasteiger partial charge in [-0.2, -0.15) is 0 Å². The van der Waals surface area contributed by atoms with E-state index in [-0.39, 0.29) is 6.10 Å². The number of aryl methyl sites for hydroxylation is 1. The van der Waals surface area contributed by atoms with Crippen LogP contribution in [0.3, 0.4) is 0 Å². The fourth-order valence-corrected chi connectivity index (χ4v) is 1.87. The van der Waals surface area contributed by atoms with Crippen LogP contribution in [0.5, 0.6) is 11.5 Å². The molecule has 0 saturated heterocycles. The van der Waals surface area contributed by atoms with Gasteiger partial charge in [0, 0.05) is 6.04 Å². The van der Waals surface area contributed by atoms with Gasteiger partial charge in [0.2, 0.25) is 0 Å². The summed E-state index contributed by atoms with van der Waals surface area (Å²) in [5.41, 5.74) is 1.26. The number of benzene rings is 1. The first-order chi connectivity index (χ1) is 9.12. The van der Waals surface area contributed by atoms with Crippen molar-refractivity contribution in [2.24, 2.45) is 0 Å². The zero-order chi connectivity index (χ0) is 14.3. The van der Waals surface area contributed by atoms with Crippen LogP contribution in [0.25, 0.3) is 0 Å². The Morgan fingerprint density at radius 1 is 1.16 bits per heavy atom. The molecule has 0 saturated carbocycles. The van der Waals surface area contributed by atoms with Gasteiger partial charge >= 0.3 is 0 Å². The highest BCUT2D eigenvalue weighted by Gasteiger charge is 2.15. The van der Waals surface area contributed by atoms with Crippen molar-refractivity contribution in [3.8, 4) is 11.5 Å². The van der Waals surface area contributed by atoms with Crippen LogP contribution in [0.4, 0.5) is 0 Å². The minimum Gasteiger partial charge on any atom is -0.493 e. The molecule has 0 aliphatic carbocycles. The highest BCUT2D eigenvalue weighted by atomic mass is 16.5. The molecule has 1 rings (SSSR count). The van der Waals surface area contributed by atoms with Gasteiger partial charge in [0.05, 0.1) is 7.11 Å². The van der Waals surface area contributed by atoms with Crippen molar-refractivity contribution in [1.29, 1.82) is 0 Å². The molecule has 1 aromatic rings. The first-order valence-electron chi connectivity index (χ1n) is 7.19. The topological polar surface area (TPSA) is 30.5 Å². The van der Waals surface area contributed by atoms with E-state index in [0.717, 1.165) is 30.9 Å². The van der Waals surface area contributed by atoms with E-state index >= 15 is 0 Å². The van der Waals surface area contributed by atoms with Gasteiger partial charge in [0.25, 0.3) is 0 Å². The maximum Gasteiger partial charge on any atom is 0.161 e. The molecule has 2 unspecified atom stereocenters. The molecule has 0 amide bonds. The Hall–Kier alpha value is -1.22. The van der Waals surface area contributed by atoms with E-state index < -0.39 is 0 Å². The van der Waals surface area contributed by atoms with Crippen LogP contribution in [0.1, 0.15) is 39.7 Å². The molecular weight excluding hydrogens is 238 g/mol. The van der Waals surface area contributed by atoms with Crippen molar-refractivity contribution >= 4 is 0 Å². The Morgan fingerprint density at radius 2 is 1.89 bits per heavy atom. The van der Waals surface area contributed by atoms with E-state index in [0.29, 0.717) is 6.04 Å².